The molecule has 2 aromatic carbocycles. The van der Waals surface area contributed by atoms with Crippen LogP contribution < -0.4 is 5.32 Å². The monoisotopic (exact) mass is 295 g/mol. The Morgan fingerprint density at radius 1 is 0.682 bits per heavy atom. The van der Waals surface area contributed by atoms with E-state index in [4.69, 9.17) is 0 Å². The molecule has 0 aliphatic rings. The van der Waals surface area contributed by atoms with Crippen molar-refractivity contribution in [2.75, 3.05) is 6.54 Å². The summed E-state index contributed by atoms with van der Waals surface area (Å²) in [6, 6.07) is 19.5. The number of rotatable bonds is 10. The first-order valence-corrected chi connectivity index (χ1v) is 8.75. The molecule has 0 aromatic heterocycles. The van der Waals surface area contributed by atoms with Gasteiger partial charge in [-0.25, -0.2) is 0 Å². The van der Waals surface area contributed by atoms with Gasteiger partial charge in [0.05, 0.1) is 0 Å². The Morgan fingerprint density at radius 3 is 2.05 bits per heavy atom. The zero-order valence-electron chi connectivity index (χ0n) is 13.9. The molecule has 0 saturated carbocycles. The van der Waals surface area contributed by atoms with Gasteiger partial charge in [-0.3, -0.25) is 0 Å². The molecule has 2 rings (SSSR count). The molecule has 0 unspecified atom stereocenters. The van der Waals surface area contributed by atoms with Gasteiger partial charge in [-0.05, 0) is 29.7 Å². The van der Waals surface area contributed by atoms with Gasteiger partial charge in [0.2, 0.25) is 0 Å². The molecule has 0 fully saturated rings. The Hall–Kier alpha value is -1.60. The van der Waals surface area contributed by atoms with Gasteiger partial charge in [0.15, 0.2) is 0 Å². The van der Waals surface area contributed by atoms with Crippen LogP contribution in [0.5, 0.6) is 0 Å². The standard InChI is InChI=1S/C21H29N/c1-2-3-4-5-6-10-17-22-18-19-13-15-21(16-14-19)20-11-8-7-9-12-20/h7-9,11-16,22H,2-6,10,17-18H2,1H3. The van der Waals surface area contributed by atoms with E-state index in [-0.39, 0.29) is 0 Å². The maximum atomic E-state index is 3.55. The van der Waals surface area contributed by atoms with E-state index in [1.165, 1.54) is 55.2 Å². The minimum absolute atomic E-state index is 0.976. The molecule has 0 saturated heterocycles. The first-order valence-electron chi connectivity index (χ1n) is 8.75. The Balaban J connectivity index is 1.65. The van der Waals surface area contributed by atoms with Crippen LogP contribution in [-0.2, 0) is 6.54 Å². The maximum absolute atomic E-state index is 3.55. The van der Waals surface area contributed by atoms with Crippen LogP contribution in [0.15, 0.2) is 54.6 Å². The summed E-state index contributed by atoms with van der Waals surface area (Å²) in [6.07, 6.45) is 8.17. The van der Waals surface area contributed by atoms with Crippen molar-refractivity contribution in [1.29, 1.82) is 0 Å². The molecular formula is C21H29N. The molecule has 0 spiro atoms. The molecule has 1 N–H and O–H groups in total. The summed E-state index contributed by atoms with van der Waals surface area (Å²) >= 11 is 0. The van der Waals surface area contributed by atoms with Crippen molar-refractivity contribution in [1.82, 2.24) is 5.32 Å². The summed E-state index contributed by atoms with van der Waals surface area (Å²) in [6.45, 7) is 4.38. The lowest BCUT2D eigenvalue weighted by Gasteiger charge is -2.07. The summed E-state index contributed by atoms with van der Waals surface area (Å²) in [4.78, 5) is 0. The van der Waals surface area contributed by atoms with E-state index in [1.807, 2.05) is 0 Å². The third kappa shape index (κ3) is 6.03. The molecule has 118 valence electrons. The van der Waals surface area contributed by atoms with Gasteiger partial charge in [0.25, 0.3) is 0 Å². The molecule has 0 aliphatic heterocycles. The van der Waals surface area contributed by atoms with E-state index >= 15 is 0 Å². The quantitative estimate of drug-likeness (QED) is 0.546. The van der Waals surface area contributed by atoms with Crippen LogP contribution in [-0.4, -0.2) is 6.54 Å². The largest absolute Gasteiger partial charge is 0.313 e. The fourth-order valence-corrected chi connectivity index (χ4v) is 2.71. The summed E-state index contributed by atoms with van der Waals surface area (Å²) < 4.78 is 0. The molecular weight excluding hydrogens is 266 g/mol. The van der Waals surface area contributed by atoms with Crippen molar-refractivity contribution in [2.24, 2.45) is 0 Å². The van der Waals surface area contributed by atoms with E-state index in [1.54, 1.807) is 0 Å². The van der Waals surface area contributed by atoms with Gasteiger partial charge >= 0.3 is 0 Å². The number of nitrogens with one attached hydrogen (secondary N) is 1. The minimum Gasteiger partial charge on any atom is -0.313 e. The highest BCUT2D eigenvalue weighted by molar-refractivity contribution is 5.63. The average molecular weight is 295 g/mol. The van der Waals surface area contributed by atoms with Crippen LogP contribution in [0.4, 0.5) is 0 Å². The lowest BCUT2D eigenvalue weighted by Crippen LogP contribution is -2.14. The third-order valence-electron chi connectivity index (χ3n) is 4.10. The van der Waals surface area contributed by atoms with Crippen molar-refractivity contribution >= 4 is 0 Å². The van der Waals surface area contributed by atoms with Crippen LogP contribution in [0.25, 0.3) is 11.1 Å². The summed E-state index contributed by atoms with van der Waals surface area (Å²) in [5, 5.41) is 3.55. The molecule has 0 heterocycles. The van der Waals surface area contributed by atoms with E-state index < -0.39 is 0 Å². The molecule has 0 atom stereocenters. The maximum Gasteiger partial charge on any atom is 0.0205 e. The van der Waals surface area contributed by atoms with E-state index in [2.05, 4.69) is 66.8 Å². The first-order chi connectivity index (χ1) is 10.9. The van der Waals surface area contributed by atoms with Gasteiger partial charge < -0.3 is 5.32 Å². The zero-order valence-corrected chi connectivity index (χ0v) is 13.9. The van der Waals surface area contributed by atoms with Crippen LogP contribution >= 0.6 is 0 Å². The van der Waals surface area contributed by atoms with Crippen molar-refractivity contribution in [3.05, 3.63) is 60.2 Å². The number of benzene rings is 2. The van der Waals surface area contributed by atoms with Crippen molar-refractivity contribution in [3.63, 3.8) is 0 Å². The normalized spacial score (nSPS) is 10.8. The molecule has 0 radical (unpaired) electrons. The van der Waals surface area contributed by atoms with Crippen LogP contribution in [0.2, 0.25) is 0 Å². The number of unbranched alkanes of at least 4 members (excludes halogenated alkanes) is 5. The Labute approximate surface area is 135 Å². The Kier molecular flexibility index (Phi) is 7.76. The topological polar surface area (TPSA) is 12.0 Å². The van der Waals surface area contributed by atoms with Crippen LogP contribution in [0.1, 0.15) is 51.0 Å². The molecule has 1 heteroatoms. The smallest absolute Gasteiger partial charge is 0.0205 e. The van der Waals surface area contributed by atoms with Crippen LogP contribution in [0.3, 0.4) is 0 Å². The molecule has 0 amide bonds. The summed E-state index contributed by atoms with van der Waals surface area (Å²) in [5.41, 5.74) is 3.94. The highest BCUT2D eigenvalue weighted by Gasteiger charge is 1.97. The minimum atomic E-state index is 0.976. The average Bonchev–Trinajstić information content (AvgIpc) is 2.59. The Morgan fingerprint density at radius 2 is 1.32 bits per heavy atom. The van der Waals surface area contributed by atoms with E-state index in [0.717, 1.165) is 13.1 Å². The Bertz CT molecular complexity index is 501. The summed E-state index contributed by atoms with van der Waals surface area (Å²) in [7, 11) is 0. The molecule has 22 heavy (non-hydrogen) atoms. The van der Waals surface area contributed by atoms with Gasteiger partial charge in [0.1, 0.15) is 0 Å². The van der Waals surface area contributed by atoms with E-state index in [0.29, 0.717) is 0 Å². The fourth-order valence-electron chi connectivity index (χ4n) is 2.71. The predicted octanol–water partition coefficient (Wildman–Crippen LogP) is 5.80. The second kappa shape index (κ2) is 10.2. The van der Waals surface area contributed by atoms with Crippen molar-refractivity contribution < 1.29 is 0 Å². The number of hydrogen-bond acceptors (Lipinski definition) is 1. The zero-order chi connectivity index (χ0) is 15.5. The third-order valence-corrected chi connectivity index (χ3v) is 4.10. The highest BCUT2D eigenvalue weighted by atomic mass is 14.8. The fraction of sp³-hybridized carbons (Fsp3) is 0.429. The lowest BCUT2D eigenvalue weighted by molar-refractivity contribution is 0.572. The van der Waals surface area contributed by atoms with Crippen LogP contribution in [0, 0.1) is 0 Å². The van der Waals surface area contributed by atoms with Crippen molar-refractivity contribution in [2.45, 2.75) is 52.0 Å². The summed E-state index contributed by atoms with van der Waals surface area (Å²) in [5.74, 6) is 0. The molecule has 0 aliphatic carbocycles. The highest BCUT2D eigenvalue weighted by Crippen LogP contribution is 2.19. The van der Waals surface area contributed by atoms with Gasteiger partial charge in [-0.2, -0.15) is 0 Å². The van der Waals surface area contributed by atoms with Gasteiger partial charge in [0, 0.05) is 6.54 Å². The SMILES string of the molecule is CCCCCCCCNCc1ccc(-c2ccccc2)cc1. The van der Waals surface area contributed by atoms with Crippen molar-refractivity contribution in [3.8, 4) is 11.1 Å². The molecule has 2 aromatic rings. The van der Waals surface area contributed by atoms with Gasteiger partial charge in [-0.1, -0.05) is 93.6 Å². The number of hydrogen-bond donors (Lipinski definition) is 1. The first kappa shape index (κ1) is 16.8. The second-order valence-corrected chi connectivity index (χ2v) is 6.01. The predicted molar refractivity (Wildman–Crippen MR) is 97.0 cm³/mol. The lowest BCUT2D eigenvalue weighted by atomic mass is 10.0. The molecule has 1 nitrogen and oxygen atoms in total. The molecule has 0 bridgehead atoms. The van der Waals surface area contributed by atoms with Gasteiger partial charge in [-0.15, -0.1) is 0 Å². The van der Waals surface area contributed by atoms with E-state index in [9.17, 15) is 0 Å². The second-order valence-electron chi connectivity index (χ2n) is 6.01.